The molecule has 5 heteroatoms. The molecule has 2 fully saturated rings. The lowest BCUT2D eigenvalue weighted by molar-refractivity contribution is -0.132. The van der Waals surface area contributed by atoms with Gasteiger partial charge in [-0.2, -0.15) is 0 Å². The molecule has 1 amide bonds. The van der Waals surface area contributed by atoms with Crippen molar-refractivity contribution in [2.24, 2.45) is 11.1 Å². The van der Waals surface area contributed by atoms with Crippen molar-refractivity contribution in [2.75, 3.05) is 32.9 Å². The Morgan fingerprint density at radius 3 is 2.76 bits per heavy atom. The molecule has 1 saturated carbocycles. The normalized spacial score (nSPS) is 24.9. The standard InChI is InChI=1S/C16H30N2O3/c17-13-16(7-2-1-3-8-16)15(19)18-9-5-10-20-12-14-6-4-11-21-14/h14H,1-13,17H2,(H,18,19). The largest absolute Gasteiger partial charge is 0.379 e. The number of amides is 1. The van der Waals surface area contributed by atoms with Crippen LogP contribution in [0.25, 0.3) is 0 Å². The molecule has 2 aliphatic rings. The molecule has 0 radical (unpaired) electrons. The number of hydrogen-bond acceptors (Lipinski definition) is 4. The van der Waals surface area contributed by atoms with Crippen molar-refractivity contribution in [3.63, 3.8) is 0 Å². The molecule has 0 aromatic heterocycles. The van der Waals surface area contributed by atoms with Crippen LogP contribution in [-0.4, -0.2) is 44.9 Å². The molecule has 2 rings (SSSR count). The molecule has 0 aromatic carbocycles. The molecule has 1 aliphatic carbocycles. The molecule has 5 nitrogen and oxygen atoms in total. The highest BCUT2D eigenvalue weighted by Crippen LogP contribution is 2.35. The molecule has 0 bridgehead atoms. The van der Waals surface area contributed by atoms with E-state index in [2.05, 4.69) is 5.32 Å². The quantitative estimate of drug-likeness (QED) is 0.668. The topological polar surface area (TPSA) is 73.6 Å². The third-order valence-electron chi connectivity index (χ3n) is 4.76. The van der Waals surface area contributed by atoms with E-state index in [1.807, 2.05) is 0 Å². The van der Waals surface area contributed by atoms with Gasteiger partial charge in [0.1, 0.15) is 0 Å². The Bertz CT molecular complexity index is 311. The van der Waals surface area contributed by atoms with Crippen molar-refractivity contribution in [1.29, 1.82) is 0 Å². The predicted octanol–water partition coefficient (Wildman–Crippen LogP) is 1.60. The van der Waals surface area contributed by atoms with Crippen LogP contribution in [0.1, 0.15) is 51.4 Å². The zero-order chi connectivity index (χ0) is 15.0. The van der Waals surface area contributed by atoms with Crippen molar-refractivity contribution in [1.82, 2.24) is 5.32 Å². The van der Waals surface area contributed by atoms with Crippen molar-refractivity contribution in [3.05, 3.63) is 0 Å². The summed E-state index contributed by atoms with van der Waals surface area (Å²) >= 11 is 0. The maximum absolute atomic E-state index is 12.3. The maximum Gasteiger partial charge on any atom is 0.227 e. The third-order valence-corrected chi connectivity index (χ3v) is 4.76. The summed E-state index contributed by atoms with van der Waals surface area (Å²) in [6.45, 7) is 3.36. The molecule has 1 atom stereocenters. The van der Waals surface area contributed by atoms with Gasteiger partial charge in [-0.05, 0) is 32.1 Å². The third kappa shape index (κ3) is 4.94. The summed E-state index contributed by atoms with van der Waals surface area (Å²) < 4.78 is 11.1. The van der Waals surface area contributed by atoms with Gasteiger partial charge in [0.2, 0.25) is 5.91 Å². The smallest absolute Gasteiger partial charge is 0.227 e. The number of ether oxygens (including phenoxy) is 2. The SMILES string of the molecule is NCC1(C(=O)NCCCOCC2CCCO2)CCCCC1. The minimum absolute atomic E-state index is 0.142. The Morgan fingerprint density at radius 2 is 2.10 bits per heavy atom. The molecule has 0 spiro atoms. The number of hydrogen-bond donors (Lipinski definition) is 2. The van der Waals surface area contributed by atoms with Crippen LogP contribution in [0.4, 0.5) is 0 Å². The monoisotopic (exact) mass is 298 g/mol. The first kappa shape index (κ1) is 16.7. The van der Waals surface area contributed by atoms with Crippen molar-refractivity contribution in [3.8, 4) is 0 Å². The number of rotatable bonds is 8. The van der Waals surface area contributed by atoms with Crippen molar-refractivity contribution >= 4 is 5.91 Å². The minimum Gasteiger partial charge on any atom is -0.379 e. The Kier molecular flexibility index (Phi) is 6.93. The van der Waals surface area contributed by atoms with Gasteiger partial charge in [-0.3, -0.25) is 4.79 Å². The first-order chi connectivity index (χ1) is 10.3. The van der Waals surface area contributed by atoms with Crippen LogP contribution >= 0.6 is 0 Å². The summed E-state index contributed by atoms with van der Waals surface area (Å²) in [5.74, 6) is 0.142. The van der Waals surface area contributed by atoms with E-state index in [9.17, 15) is 4.79 Å². The van der Waals surface area contributed by atoms with Crippen LogP contribution < -0.4 is 11.1 Å². The molecule has 1 heterocycles. The van der Waals surface area contributed by atoms with E-state index in [1.165, 1.54) is 6.42 Å². The number of nitrogens with one attached hydrogen (secondary N) is 1. The zero-order valence-electron chi connectivity index (χ0n) is 13.1. The molecule has 21 heavy (non-hydrogen) atoms. The molecule has 1 saturated heterocycles. The predicted molar refractivity (Wildman–Crippen MR) is 82.0 cm³/mol. The second-order valence-corrected chi connectivity index (χ2v) is 6.36. The highest BCUT2D eigenvalue weighted by Gasteiger charge is 2.37. The summed E-state index contributed by atoms with van der Waals surface area (Å²) in [5, 5.41) is 3.04. The molecule has 1 aliphatic heterocycles. The minimum atomic E-state index is -0.309. The van der Waals surface area contributed by atoms with Gasteiger partial charge in [-0.25, -0.2) is 0 Å². The average molecular weight is 298 g/mol. The highest BCUT2D eigenvalue weighted by molar-refractivity contribution is 5.82. The van der Waals surface area contributed by atoms with Gasteiger partial charge in [0.05, 0.1) is 18.1 Å². The van der Waals surface area contributed by atoms with Crippen LogP contribution in [0, 0.1) is 5.41 Å². The summed E-state index contributed by atoms with van der Waals surface area (Å²) in [4.78, 5) is 12.3. The van der Waals surface area contributed by atoms with E-state index in [0.717, 1.165) is 51.6 Å². The summed E-state index contributed by atoms with van der Waals surface area (Å²) in [7, 11) is 0. The van der Waals surface area contributed by atoms with Crippen LogP contribution in [0.2, 0.25) is 0 Å². The summed E-state index contributed by atoms with van der Waals surface area (Å²) in [6.07, 6.45) is 8.72. The Labute approximate surface area is 127 Å². The summed E-state index contributed by atoms with van der Waals surface area (Å²) in [6, 6.07) is 0. The summed E-state index contributed by atoms with van der Waals surface area (Å²) in [5.41, 5.74) is 5.55. The number of nitrogens with two attached hydrogens (primary N) is 1. The van der Waals surface area contributed by atoms with Gasteiger partial charge in [0.15, 0.2) is 0 Å². The Morgan fingerprint density at radius 1 is 1.29 bits per heavy atom. The molecule has 1 unspecified atom stereocenters. The molecular weight excluding hydrogens is 268 g/mol. The van der Waals surface area contributed by atoms with E-state index in [0.29, 0.717) is 26.3 Å². The lowest BCUT2D eigenvalue weighted by Crippen LogP contribution is -2.47. The Hall–Kier alpha value is -0.650. The fourth-order valence-corrected chi connectivity index (χ4v) is 3.31. The molecular formula is C16H30N2O3. The van der Waals surface area contributed by atoms with E-state index < -0.39 is 0 Å². The second kappa shape index (κ2) is 8.71. The number of carbonyl (C=O) groups is 1. The maximum atomic E-state index is 12.3. The fraction of sp³-hybridized carbons (Fsp3) is 0.938. The molecule has 3 N–H and O–H groups in total. The second-order valence-electron chi connectivity index (χ2n) is 6.36. The lowest BCUT2D eigenvalue weighted by atomic mass is 9.73. The lowest BCUT2D eigenvalue weighted by Gasteiger charge is -2.34. The first-order valence-corrected chi connectivity index (χ1v) is 8.44. The van der Waals surface area contributed by atoms with Crippen molar-refractivity contribution in [2.45, 2.75) is 57.5 Å². The van der Waals surface area contributed by atoms with Gasteiger partial charge in [0, 0.05) is 26.3 Å². The van der Waals surface area contributed by atoms with Gasteiger partial charge < -0.3 is 20.5 Å². The average Bonchev–Trinajstić information content (AvgIpc) is 3.04. The molecule has 0 aromatic rings. The van der Waals surface area contributed by atoms with E-state index in [4.69, 9.17) is 15.2 Å². The van der Waals surface area contributed by atoms with Crippen LogP contribution in [0.3, 0.4) is 0 Å². The Balaban J connectivity index is 1.55. The fourth-order valence-electron chi connectivity index (χ4n) is 3.31. The van der Waals surface area contributed by atoms with Gasteiger partial charge in [-0.1, -0.05) is 19.3 Å². The van der Waals surface area contributed by atoms with Crippen molar-refractivity contribution < 1.29 is 14.3 Å². The zero-order valence-corrected chi connectivity index (χ0v) is 13.1. The number of carbonyl (C=O) groups excluding carboxylic acids is 1. The van der Waals surface area contributed by atoms with Crippen LogP contribution in [-0.2, 0) is 14.3 Å². The highest BCUT2D eigenvalue weighted by atomic mass is 16.5. The van der Waals surface area contributed by atoms with Gasteiger partial charge in [-0.15, -0.1) is 0 Å². The van der Waals surface area contributed by atoms with E-state index in [-0.39, 0.29) is 17.4 Å². The van der Waals surface area contributed by atoms with Gasteiger partial charge in [0.25, 0.3) is 0 Å². The van der Waals surface area contributed by atoms with Crippen LogP contribution in [0.15, 0.2) is 0 Å². The van der Waals surface area contributed by atoms with Gasteiger partial charge >= 0.3 is 0 Å². The molecule has 122 valence electrons. The van der Waals surface area contributed by atoms with E-state index in [1.54, 1.807) is 0 Å². The van der Waals surface area contributed by atoms with Crippen LogP contribution in [0.5, 0.6) is 0 Å². The van der Waals surface area contributed by atoms with E-state index >= 15 is 0 Å². The first-order valence-electron chi connectivity index (χ1n) is 8.44.